The number of piperidine rings is 1. The molecule has 2 aliphatic rings. The number of hydrogen-bond donors (Lipinski definition) is 0. The second-order valence-corrected chi connectivity index (χ2v) is 10.5. The molecule has 2 fully saturated rings. The Labute approximate surface area is 207 Å². The van der Waals surface area contributed by atoms with Crippen LogP contribution in [0.25, 0.3) is 6.08 Å². The summed E-state index contributed by atoms with van der Waals surface area (Å²) in [6.07, 6.45) is 3.77. The van der Waals surface area contributed by atoms with Gasteiger partial charge in [0.15, 0.2) is 0 Å². The molecule has 0 aliphatic carbocycles. The number of halogens is 1. The number of hydrogen-bond acceptors (Lipinski definition) is 6. The smallest absolute Gasteiger partial charge is 0.270 e. The standard InChI is InChI=1S/C25H25FN4O2S2/c1-15-8-10-29(11-9-15)22-19(16(2)20(13-27)23(31)28(22)3)12-21-24(32)30(25(33)34-21)14-17-4-6-18(26)7-5-17/h4-7,12,15H,8-11,14H2,1-3H3/b21-12-. The molecule has 0 atom stereocenters. The first-order valence-electron chi connectivity index (χ1n) is 11.1. The minimum Gasteiger partial charge on any atom is -0.357 e. The van der Waals surface area contributed by atoms with Gasteiger partial charge in [0.2, 0.25) is 0 Å². The Bertz CT molecular complexity index is 1290. The zero-order valence-electron chi connectivity index (χ0n) is 19.3. The molecule has 2 aliphatic heterocycles. The van der Waals surface area contributed by atoms with Crippen molar-refractivity contribution in [3.05, 3.63) is 67.6 Å². The van der Waals surface area contributed by atoms with Crippen molar-refractivity contribution >= 4 is 46.1 Å². The van der Waals surface area contributed by atoms with Crippen LogP contribution in [0, 0.1) is 30.0 Å². The van der Waals surface area contributed by atoms with E-state index in [4.69, 9.17) is 12.2 Å². The molecule has 0 saturated carbocycles. The van der Waals surface area contributed by atoms with E-state index in [9.17, 15) is 19.2 Å². The van der Waals surface area contributed by atoms with E-state index in [2.05, 4.69) is 11.8 Å². The van der Waals surface area contributed by atoms with Gasteiger partial charge >= 0.3 is 0 Å². The summed E-state index contributed by atoms with van der Waals surface area (Å²) in [4.78, 5) is 30.3. The molecule has 0 spiro atoms. The fourth-order valence-corrected chi connectivity index (χ4v) is 5.59. The Morgan fingerprint density at radius 3 is 2.50 bits per heavy atom. The maximum atomic E-state index is 13.3. The van der Waals surface area contributed by atoms with Gasteiger partial charge in [-0.15, -0.1) is 0 Å². The SMILES string of the molecule is Cc1c(/C=C2\SC(=S)N(Cc3ccc(F)cc3)C2=O)c(N2CCC(C)CC2)n(C)c(=O)c1C#N. The molecule has 9 heteroatoms. The molecular formula is C25H25FN4O2S2. The van der Waals surface area contributed by atoms with Crippen LogP contribution in [0.3, 0.4) is 0 Å². The van der Waals surface area contributed by atoms with Crippen LogP contribution in [0.1, 0.15) is 42.0 Å². The third kappa shape index (κ3) is 4.52. The van der Waals surface area contributed by atoms with Gasteiger partial charge in [-0.2, -0.15) is 5.26 Å². The molecule has 2 aromatic rings. The Morgan fingerprint density at radius 1 is 1.24 bits per heavy atom. The number of amides is 1. The number of benzene rings is 1. The molecule has 2 saturated heterocycles. The summed E-state index contributed by atoms with van der Waals surface area (Å²) in [5.74, 6) is 0.743. The number of pyridine rings is 1. The second kappa shape index (κ2) is 9.72. The van der Waals surface area contributed by atoms with Crippen LogP contribution in [-0.4, -0.2) is 32.8 Å². The first kappa shape index (κ1) is 24.2. The van der Waals surface area contributed by atoms with Gasteiger partial charge in [0, 0.05) is 25.7 Å². The van der Waals surface area contributed by atoms with Crippen molar-refractivity contribution in [3.8, 4) is 6.07 Å². The normalized spacial score (nSPS) is 18.1. The molecule has 3 heterocycles. The van der Waals surface area contributed by atoms with Gasteiger partial charge in [0.05, 0.1) is 11.4 Å². The number of nitriles is 1. The lowest BCUT2D eigenvalue weighted by Gasteiger charge is -2.34. The van der Waals surface area contributed by atoms with Gasteiger partial charge in [-0.1, -0.05) is 43.0 Å². The molecular weight excluding hydrogens is 471 g/mol. The van der Waals surface area contributed by atoms with Crippen molar-refractivity contribution in [2.75, 3.05) is 18.0 Å². The molecule has 0 radical (unpaired) electrons. The Kier molecular flexibility index (Phi) is 6.91. The molecule has 1 aromatic carbocycles. The molecule has 1 amide bonds. The number of carbonyl (C=O) groups excluding carboxylic acids is 1. The molecule has 6 nitrogen and oxygen atoms in total. The van der Waals surface area contributed by atoms with Crippen molar-refractivity contribution in [3.63, 3.8) is 0 Å². The van der Waals surface area contributed by atoms with Crippen LogP contribution in [0.4, 0.5) is 10.2 Å². The molecule has 0 bridgehead atoms. The Morgan fingerprint density at radius 2 is 1.88 bits per heavy atom. The van der Waals surface area contributed by atoms with Crippen LogP contribution < -0.4 is 10.5 Å². The highest BCUT2D eigenvalue weighted by Crippen LogP contribution is 2.37. The van der Waals surface area contributed by atoms with Crippen molar-refractivity contribution in [2.45, 2.75) is 33.2 Å². The van der Waals surface area contributed by atoms with E-state index in [1.807, 2.05) is 6.07 Å². The predicted molar refractivity (Wildman–Crippen MR) is 137 cm³/mol. The van der Waals surface area contributed by atoms with Crippen LogP contribution in [-0.2, 0) is 18.4 Å². The van der Waals surface area contributed by atoms with Crippen LogP contribution in [0.2, 0.25) is 0 Å². The van der Waals surface area contributed by atoms with Crippen molar-refractivity contribution in [1.29, 1.82) is 5.26 Å². The van der Waals surface area contributed by atoms with Crippen molar-refractivity contribution < 1.29 is 9.18 Å². The van der Waals surface area contributed by atoms with Gasteiger partial charge < -0.3 is 4.90 Å². The van der Waals surface area contributed by atoms with Gasteiger partial charge in [-0.3, -0.25) is 19.1 Å². The lowest BCUT2D eigenvalue weighted by atomic mass is 9.97. The van der Waals surface area contributed by atoms with Crippen LogP contribution in [0.5, 0.6) is 0 Å². The highest BCUT2D eigenvalue weighted by molar-refractivity contribution is 8.26. The van der Waals surface area contributed by atoms with Crippen LogP contribution >= 0.6 is 24.0 Å². The maximum absolute atomic E-state index is 13.3. The topological polar surface area (TPSA) is 69.3 Å². The fraction of sp³-hybridized carbons (Fsp3) is 0.360. The molecule has 0 unspecified atom stereocenters. The summed E-state index contributed by atoms with van der Waals surface area (Å²) in [5.41, 5.74) is 1.75. The largest absolute Gasteiger partial charge is 0.357 e. The molecule has 1 aromatic heterocycles. The third-order valence-corrected chi connectivity index (χ3v) is 7.83. The summed E-state index contributed by atoms with van der Waals surface area (Å²) in [5, 5.41) is 9.64. The molecule has 34 heavy (non-hydrogen) atoms. The highest BCUT2D eigenvalue weighted by Gasteiger charge is 2.33. The van der Waals surface area contributed by atoms with Crippen molar-refractivity contribution in [1.82, 2.24) is 9.47 Å². The summed E-state index contributed by atoms with van der Waals surface area (Å²) < 4.78 is 15.2. The minimum atomic E-state index is -0.341. The summed E-state index contributed by atoms with van der Waals surface area (Å²) in [6.45, 7) is 5.81. The maximum Gasteiger partial charge on any atom is 0.270 e. The van der Waals surface area contributed by atoms with Gasteiger partial charge in [0.25, 0.3) is 11.5 Å². The summed E-state index contributed by atoms with van der Waals surface area (Å²) in [7, 11) is 1.67. The van der Waals surface area contributed by atoms with E-state index in [0.717, 1.165) is 37.3 Å². The molecule has 176 valence electrons. The molecule has 0 N–H and O–H groups in total. The number of carbonyl (C=O) groups is 1. The van der Waals surface area contributed by atoms with Gasteiger partial charge in [-0.25, -0.2) is 4.39 Å². The van der Waals surface area contributed by atoms with E-state index in [-0.39, 0.29) is 29.4 Å². The van der Waals surface area contributed by atoms with E-state index >= 15 is 0 Å². The third-order valence-electron chi connectivity index (χ3n) is 6.45. The quantitative estimate of drug-likeness (QED) is 0.463. The average Bonchev–Trinajstić information content (AvgIpc) is 3.07. The number of thioether (sulfide) groups is 1. The number of aromatic nitrogens is 1. The zero-order valence-corrected chi connectivity index (χ0v) is 20.9. The van der Waals surface area contributed by atoms with E-state index in [1.54, 1.807) is 32.2 Å². The summed E-state index contributed by atoms with van der Waals surface area (Å²) >= 11 is 6.66. The molecule has 4 rings (SSSR count). The van der Waals surface area contributed by atoms with Gasteiger partial charge in [0.1, 0.15) is 27.6 Å². The summed E-state index contributed by atoms with van der Waals surface area (Å²) in [6, 6.07) is 8.00. The predicted octanol–water partition coefficient (Wildman–Crippen LogP) is 4.34. The fourth-order valence-electron chi connectivity index (χ4n) is 4.35. The van der Waals surface area contributed by atoms with E-state index in [0.29, 0.717) is 26.3 Å². The first-order valence-corrected chi connectivity index (χ1v) is 12.3. The second-order valence-electron chi connectivity index (χ2n) is 8.78. The minimum absolute atomic E-state index is 0.0738. The Balaban J connectivity index is 1.75. The van der Waals surface area contributed by atoms with Gasteiger partial charge in [-0.05, 0) is 55.0 Å². The number of rotatable bonds is 4. The van der Waals surface area contributed by atoms with Crippen LogP contribution in [0.15, 0.2) is 34.0 Å². The lowest BCUT2D eigenvalue weighted by Crippen LogP contribution is -2.38. The monoisotopic (exact) mass is 496 g/mol. The first-order chi connectivity index (χ1) is 16.2. The zero-order chi connectivity index (χ0) is 24.6. The van der Waals surface area contributed by atoms with E-state index < -0.39 is 0 Å². The van der Waals surface area contributed by atoms with Crippen molar-refractivity contribution in [2.24, 2.45) is 13.0 Å². The number of anilines is 1. The average molecular weight is 497 g/mol. The lowest BCUT2D eigenvalue weighted by molar-refractivity contribution is -0.122. The Hall–Kier alpha value is -2.96. The number of thiocarbonyl (C=S) groups is 1. The highest BCUT2D eigenvalue weighted by atomic mass is 32.2. The number of nitrogens with zero attached hydrogens (tertiary/aromatic N) is 4. The van der Waals surface area contributed by atoms with E-state index in [1.165, 1.54) is 33.4 Å².